The Bertz CT molecular complexity index is 885. The van der Waals surface area contributed by atoms with Crippen LogP contribution in [0.2, 0.25) is 0 Å². The van der Waals surface area contributed by atoms with Crippen molar-refractivity contribution in [1.29, 1.82) is 0 Å². The van der Waals surface area contributed by atoms with Crippen LogP contribution in [0.25, 0.3) is 11.3 Å². The van der Waals surface area contributed by atoms with Crippen LogP contribution >= 0.6 is 0 Å². The highest BCUT2D eigenvalue weighted by Gasteiger charge is 2.24. The molecule has 0 unspecified atom stereocenters. The quantitative estimate of drug-likeness (QED) is 0.876. The highest BCUT2D eigenvalue weighted by Crippen LogP contribution is 2.22. The summed E-state index contributed by atoms with van der Waals surface area (Å²) in [5.41, 5.74) is 0.680. The summed E-state index contributed by atoms with van der Waals surface area (Å²) < 4.78 is 5.19. The molecule has 1 aliphatic heterocycles. The molecule has 0 spiro atoms. The zero-order chi connectivity index (χ0) is 18.7. The second kappa shape index (κ2) is 7.38. The Morgan fingerprint density at radius 2 is 1.81 bits per heavy atom. The molecule has 1 N–H and O–H groups in total. The second-order valence-corrected chi connectivity index (χ2v) is 6.02. The van der Waals surface area contributed by atoms with E-state index in [1.54, 1.807) is 47.2 Å². The molecule has 2 amide bonds. The van der Waals surface area contributed by atoms with Crippen molar-refractivity contribution in [2.45, 2.75) is 6.92 Å². The molecule has 0 atom stereocenters. The van der Waals surface area contributed by atoms with Crippen LogP contribution in [0.1, 0.15) is 17.4 Å². The van der Waals surface area contributed by atoms with Crippen molar-refractivity contribution in [2.75, 3.05) is 33.3 Å². The number of carbonyl (C=O) groups is 2. The summed E-state index contributed by atoms with van der Waals surface area (Å²) in [5.74, 6) is 0.351. The summed E-state index contributed by atoms with van der Waals surface area (Å²) in [5, 5.41) is 0. The van der Waals surface area contributed by atoms with Gasteiger partial charge in [-0.2, -0.15) is 4.98 Å². The number of H-pyrrole nitrogens is 1. The zero-order valence-corrected chi connectivity index (χ0v) is 14.7. The third-order valence-corrected chi connectivity index (χ3v) is 4.35. The molecule has 136 valence electrons. The number of amides is 2. The minimum Gasteiger partial charge on any atom is -0.497 e. The van der Waals surface area contributed by atoms with Crippen LogP contribution in [0.5, 0.6) is 5.75 Å². The van der Waals surface area contributed by atoms with Crippen molar-refractivity contribution in [3.05, 3.63) is 46.5 Å². The van der Waals surface area contributed by atoms with Crippen molar-refractivity contribution in [3.8, 4) is 17.0 Å². The topological polar surface area (TPSA) is 95.6 Å². The standard InChI is InChI=1S/C18H20N4O4/c1-12(23)21-6-8-22(9-7-21)17(24)16-11-15(19-18(25)20-16)13-4-3-5-14(10-13)26-2/h3-5,10-11H,6-9H2,1-2H3,(H,19,20,25). The van der Waals surface area contributed by atoms with Crippen LogP contribution in [0, 0.1) is 0 Å². The van der Waals surface area contributed by atoms with Gasteiger partial charge in [-0.25, -0.2) is 4.79 Å². The predicted octanol–water partition coefficient (Wildman–Crippen LogP) is 0.750. The average molecular weight is 356 g/mol. The summed E-state index contributed by atoms with van der Waals surface area (Å²) >= 11 is 0. The lowest BCUT2D eigenvalue weighted by Crippen LogP contribution is -2.50. The third kappa shape index (κ3) is 3.74. The van der Waals surface area contributed by atoms with Crippen molar-refractivity contribution in [1.82, 2.24) is 19.8 Å². The molecular formula is C18H20N4O4. The van der Waals surface area contributed by atoms with Crippen LogP contribution < -0.4 is 10.4 Å². The summed E-state index contributed by atoms with van der Waals surface area (Å²) in [7, 11) is 1.56. The summed E-state index contributed by atoms with van der Waals surface area (Å²) in [6, 6.07) is 8.69. The zero-order valence-electron chi connectivity index (χ0n) is 14.7. The molecule has 0 saturated carbocycles. The molecule has 1 fully saturated rings. The van der Waals surface area contributed by atoms with E-state index < -0.39 is 5.69 Å². The molecule has 26 heavy (non-hydrogen) atoms. The van der Waals surface area contributed by atoms with Crippen molar-refractivity contribution in [2.24, 2.45) is 0 Å². The number of benzene rings is 1. The average Bonchev–Trinajstić information content (AvgIpc) is 2.67. The molecule has 0 bridgehead atoms. The maximum atomic E-state index is 12.7. The number of nitrogens with one attached hydrogen (secondary N) is 1. The van der Waals surface area contributed by atoms with Gasteiger partial charge in [0.1, 0.15) is 11.4 Å². The van der Waals surface area contributed by atoms with Crippen LogP contribution in [0.4, 0.5) is 0 Å². The number of methoxy groups -OCH3 is 1. The number of carbonyl (C=O) groups excluding carboxylic acids is 2. The lowest BCUT2D eigenvalue weighted by Gasteiger charge is -2.34. The summed E-state index contributed by atoms with van der Waals surface area (Å²) in [6.07, 6.45) is 0. The summed E-state index contributed by atoms with van der Waals surface area (Å²) in [4.78, 5) is 45.9. The van der Waals surface area contributed by atoms with Gasteiger partial charge in [-0.3, -0.25) is 9.59 Å². The van der Waals surface area contributed by atoms with E-state index in [0.717, 1.165) is 0 Å². The van der Waals surface area contributed by atoms with Gasteiger partial charge in [-0.1, -0.05) is 12.1 Å². The first-order valence-corrected chi connectivity index (χ1v) is 8.28. The molecule has 1 aromatic carbocycles. The largest absolute Gasteiger partial charge is 0.497 e. The minimum absolute atomic E-state index is 0.00488. The van der Waals surface area contributed by atoms with E-state index in [-0.39, 0.29) is 17.5 Å². The lowest BCUT2D eigenvalue weighted by atomic mass is 10.1. The first-order chi connectivity index (χ1) is 12.5. The number of hydrogen-bond donors (Lipinski definition) is 1. The van der Waals surface area contributed by atoms with E-state index in [1.807, 2.05) is 0 Å². The smallest absolute Gasteiger partial charge is 0.346 e. The van der Waals surface area contributed by atoms with Gasteiger partial charge in [0.2, 0.25) is 5.91 Å². The molecule has 2 aromatic rings. The van der Waals surface area contributed by atoms with Crippen LogP contribution in [0.15, 0.2) is 35.1 Å². The van der Waals surface area contributed by atoms with Gasteiger partial charge in [-0.05, 0) is 18.2 Å². The number of nitrogens with zero attached hydrogens (tertiary/aromatic N) is 3. The van der Waals surface area contributed by atoms with Gasteiger partial charge < -0.3 is 19.5 Å². The molecule has 1 aromatic heterocycles. The van der Waals surface area contributed by atoms with Crippen molar-refractivity contribution >= 4 is 11.8 Å². The van der Waals surface area contributed by atoms with E-state index >= 15 is 0 Å². The van der Waals surface area contributed by atoms with E-state index in [1.165, 1.54) is 6.92 Å². The maximum absolute atomic E-state index is 12.7. The second-order valence-electron chi connectivity index (χ2n) is 6.02. The third-order valence-electron chi connectivity index (χ3n) is 4.35. The number of rotatable bonds is 3. The fourth-order valence-corrected chi connectivity index (χ4v) is 2.90. The van der Waals surface area contributed by atoms with E-state index in [2.05, 4.69) is 9.97 Å². The maximum Gasteiger partial charge on any atom is 0.346 e. The van der Waals surface area contributed by atoms with E-state index in [0.29, 0.717) is 43.2 Å². The van der Waals surface area contributed by atoms with Crippen LogP contribution in [-0.4, -0.2) is 64.9 Å². The molecule has 0 aliphatic carbocycles. The predicted molar refractivity (Wildman–Crippen MR) is 95.0 cm³/mol. The molecule has 3 rings (SSSR count). The molecular weight excluding hydrogens is 336 g/mol. The molecule has 2 heterocycles. The summed E-state index contributed by atoms with van der Waals surface area (Å²) in [6.45, 7) is 3.34. The number of aromatic amines is 1. The van der Waals surface area contributed by atoms with Gasteiger partial charge in [0, 0.05) is 38.7 Å². The fourth-order valence-electron chi connectivity index (χ4n) is 2.90. The molecule has 8 nitrogen and oxygen atoms in total. The Balaban J connectivity index is 1.84. The van der Waals surface area contributed by atoms with E-state index in [4.69, 9.17) is 4.74 Å². The molecule has 1 aliphatic rings. The number of ether oxygens (including phenoxy) is 1. The normalized spacial score (nSPS) is 14.2. The van der Waals surface area contributed by atoms with E-state index in [9.17, 15) is 14.4 Å². The molecule has 8 heteroatoms. The Hall–Kier alpha value is -3.16. The SMILES string of the molecule is COc1cccc(-c2cc(C(=O)N3CCN(C(C)=O)CC3)[nH]c(=O)n2)c1. The highest BCUT2D eigenvalue weighted by atomic mass is 16.5. The molecule has 0 radical (unpaired) electrons. The van der Waals surface area contributed by atoms with Crippen molar-refractivity contribution < 1.29 is 14.3 Å². The van der Waals surface area contributed by atoms with Gasteiger partial charge in [0.05, 0.1) is 12.8 Å². The number of aromatic nitrogens is 2. The Kier molecular flexibility index (Phi) is 5.01. The molecule has 1 saturated heterocycles. The number of piperazine rings is 1. The van der Waals surface area contributed by atoms with Gasteiger partial charge in [0.25, 0.3) is 5.91 Å². The monoisotopic (exact) mass is 356 g/mol. The van der Waals surface area contributed by atoms with Crippen molar-refractivity contribution in [3.63, 3.8) is 0 Å². The van der Waals surface area contributed by atoms with Gasteiger partial charge >= 0.3 is 5.69 Å². The van der Waals surface area contributed by atoms with Gasteiger partial charge in [-0.15, -0.1) is 0 Å². The fraction of sp³-hybridized carbons (Fsp3) is 0.333. The Labute approximate surface area is 150 Å². The lowest BCUT2D eigenvalue weighted by molar-refractivity contribution is -0.130. The van der Waals surface area contributed by atoms with Crippen LogP contribution in [0.3, 0.4) is 0 Å². The van der Waals surface area contributed by atoms with Gasteiger partial charge in [0.15, 0.2) is 0 Å². The van der Waals surface area contributed by atoms with Crippen LogP contribution in [-0.2, 0) is 4.79 Å². The highest BCUT2D eigenvalue weighted by molar-refractivity contribution is 5.93. The first-order valence-electron chi connectivity index (χ1n) is 8.28. The Morgan fingerprint density at radius 1 is 1.12 bits per heavy atom. The minimum atomic E-state index is -0.587. The first kappa shape index (κ1) is 17.7. The Morgan fingerprint density at radius 3 is 2.46 bits per heavy atom. The number of hydrogen-bond acceptors (Lipinski definition) is 5.